The Hall–Kier alpha value is -1.29. The second-order valence-electron chi connectivity index (χ2n) is 4.64. The smallest absolute Gasteiger partial charge is 1.00 e. The molecule has 0 saturated heterocycles. The normalized spacial score (nSPS) is 9.62. The van der Waals surface area contributed by atoms with Crippen LogP contribution in [0.25, 0.3) is 17.1 Å². The number of aromatic nitrogens is 2. The molecule has 3 aromatic rings. The molecule has 0 radical (unpaired) electrons. The monoisotopic (exact) mass is 306 g/mol. The molecule has 1 heterocycles. The largest absolute Gasteiger partial charge is 2.00 e. The van der Waals surface area contributed by atoms with E-state index in [0.717, 1.165) is 11.4 Å². The number of hydrogen-bond donors (Lipinski definition) is 0. The molecule has 2 nitrogen and oxygen atoms in total. The molecule has 0 saturated carbocycles. The van der Waals surface area contributed by atoms with Crippen molar-refractivity contribution in [2.24, 2.45) is 0 Å². The van der Waals surface area contributed by atoms with Crippen LogP contribution >= 0.6 is 0 Å². The van der Waals surface area contributed by atoms with Gasteiger partial charge in [-0.05, 0) is 25.0 Å². The summed E-state index contributed by atoms with van der Waals surface area (Å²) >= 11 is 0. The summed E-state index contributed by atoms with van der Waals surface area (Å²) in [7, 11) is 0. The molecule has 21 heavy (non-hydrogen) atoms. The number of benzene rings is 2. The summed E-state index contributed by atoms with van der Waals surface area (Å²) in [5, 5.41) is 0. The number of halogens is 1. The Morgan fingerprint density at radius 2 is 1.71 bits per heavy atom. The Morgan fingerprint density at radius 1 is 1.00 bits per heavy atom. The number of rotatable bonds is 2. The van der Waals surface area contributed by atoms with Crippen molar-refractivity contribution in [3.05, 3.63) is 72.1 Å². The zero-order valence-electron chi connectivity index (χ0n) is 12.2. The summed E-state index contributed by atoms with van der Waals surface area (Å²) in [6.45, 7) is 4.25. The first-order valence-electron chi connectivity index (χ1n) is 6.34. The molecule has 0 spiro atoms. The van der Waals surface area contributed by atoms with Gasteiger partial charge in [0.2, 0.25) is 0 Å². The van der Waals surface area contributed by atoms with Gasteiger partial charge in [-0.3, -0.25) is 4.98 Å². The second kappa shape index (κ2) is 7.64. The summed E-state index contributed by atoms with van der Waals surface area (Å²) in [5.41, 5.74) is 4.70. The van der Waals surface area contributed by atoms with E-state index < -0.39 is 0 Å². The predicted octanol–water partition coefficient (Wildman–Crippen LogP) is 0.580. The minimum atomic E-state index is 0. The summed E-state index contributed by atoms with van der Waals surface area (Å²) < 4.78 is 2.14. The molecule has 3 rings (SSSR count). The van der Waals surface area contributed by atoms with Gasteiger partial charge < -0.3 is 17.0 Å². The van der Waals surface area contributed by atoms with Crippen molar-refractivity contribution in [2.75, 3.05) is 0 Å². The van der Waals surface area contributed by atoms with Gasteiger partial charge in [-0.1, -0.05) is 18.2 Å². The number of hydrogen-bond acceptors (Lipinski definition) is 1. The molecule has 0 fully saturated rings. The van der Waals surface area contributed by atoms with Gasteiger partial charge in [0, 0.05) is 18.1 Å². The summed E-state index contributed by atoms with van der Waals surface area (Å²) in [4.78, 5) is 4.48. The molecule has 0 aliphatic heterocycles. The topological polar surface area (TPSA) is 17.8 Å². The molecule has 1 aromatic heterocycles. The molecular weight excluding hydrogens is 292 g/mol. The molecule has 0 N–H and O–H groups in total. The van der Waals surface area contributed by atoms with Crippen LogP contribution in [0, 0.1) is 19.9 Å². The van der Waals surface area contributed by atoms with E-state index in [0.29, 0.717) is 0 Å². The molecule has 102 valence electrons. The SMILES string of the molecule is Cc1cccc(C)c1-n1ccnc1-c1[c-]cccc1.[Cl-].[Mg+2]. The van der Waals surface area contributed by atoms with Gasteiger partial charge in [0.15, 0.2) is 0 Å². The van der Waals surface area contributed by atoms with Crippen LogP contribution in [0.1, 0.15) is 11.1 Å². The molecule has 2 aromatic carbocycles. The Kier molecular flexibility index (Phi) is 6.46. The van der Waals surface area contributed by atoms with E-state index in [1.54, 1.807) is 0 Å². The molecule has 0 unspecified atom stereocenters. The molecule has 0 aliphatic rings. The van der Waals surface area contributed by atoms with Crippen molar-refractivity contribution < 1.29 is 12.4 Å². The van der Waals surface area contributed by atoms with Crippen molar-refractivity contribution in [3.63, 3.8) is 0 Å². The first-order chi connectivity index (χ1) is 9.27. The molecular formula is C17H15ClMgN2. The van der Waals surface area contributed by atoms with Gasteiger partial charge >= 0.3 is 23.1 Å². The Labute approximate surface area is 147 Å². The van der Waals surface area contributed by atoms with Crippen molar-refractivity contribution >= 4 is 23.1 Å². The Bertz CT molecular complexity index is 688. The van der Waals surface area contributed by atoms with Gasteiger partial charge in [0.1, 0.15) is 0 Å². The number of imidazole rings is 1. The Morgan fingerprint density at radius 3 is 2.33 bits per heavy atom. The van der Waals surface area contributed by atoms with E-state index in [9.17, 15) is 0 Å². The van der Waals surface area contributed by atoms with Crippen molar-refractivity contribution in [1.82, 2.24) is 9.55 Å². The van der Waals surface area contributed by atoms with E-state index in [-0.39, 0.29) is 35.5 Å². The second-order valence-corrected chi connectivity index (χ2v) is 4.64. The van der Waals surface area contributed by atoms with Gasteiger partial charge in [0.05, 0.1) is 5.82 Å². The van der Waals surface area contributed by atoms with Crippen LogP contribution < -0.4 is 12.4 Å². The van der Waals surface area contributed by atoms with Crippen LogP contribution in [0.2, 0.25) is 0 Å². The molecule has 0 atom stereocenters. The van der Waals surface area contributed by atoms with Crippen molar-refractivity contribution in [3.8, 4) is 17.1 Å². The first kappa shape index (κ1) is 17.8. The van der Waals surface area contributed by atoms with Gasteiger partial charge in [-0.2, -0.15) is 0 Å². The summed E-state index contributed by atoms with van der Waals surface area (Å²) in [6.07, 6.45) is 3.84. The zero-order chi connectivity index (χ0) is 13.2. The van der Waals surface area contributed by atoms with E-state index >= 15 is 0 Å². The van der Waals surface area contributed by atoms with E-state index in [1.807, 2.05) is 36.7 Å². The summed E-state index contributed by atoms with van der Waals surface area (Å²) in [5.74, 6) is 0.929. The van der Waals surface area contributed by atoms with Crippen LogP contribution in [-0.2, 0) is 0 Å². The third-order valence-electron chi connectivity index (χ3n) is 3.27. The maximum atomic E-state index is 4.48. The fourth-order valence-electron chi connectivity index (χ4n) is 2.40. The van der Waals surface area contributed by atoms with Crippen LogP contribution in [0.4, 0.5) is 0 Å². The van der Waals surface area contributed by atoms with E-state index in [4.69, 9.17) is 0 Å². The van der Waals surface area contributed by atoms with Crippen LogP contribution in [0.3, 0.4) is 0 Å². The van der Waals surface area contributed by atoms with Crippen LogP contribution in [0.15, 0.2) is 54.9 Å². The minimum Gasteiger partial charge on any atom is -1.00 e. The van der Waals surface area contributed by atoms with E-state index in [2.05, 4.69) is 47.7 Å². The molecule has 4 heteroatoms. The first-order valence-corrected chi connectivity index (χ1v) is 6.34. The zero-order valence-corrected chi connectivity index (χ0v) is 14.3. The third-order valence-corrected chi connectivity index (χ3v) is 3.27. The van der Waals surface area contributed by atoms with Gasteiger partial charge in [-0.15, -0.1) is 35.9 Å². The fraction of sp³-hybridized carbons (Fsp3) is 0.118. The minimum absolute atomic E-state index is 0. The van der Waals surface area contributed by atoms with Crippen molar-refractivity contribution in [1.29, 1.82) is 0 Å². The standard InChI is InChI=1S/C17H15N2.ClH.Mg/c1-13-7-6-8-14(2)16(13)19-12-11-18-17(19)15-9-4-3-5-10-15;;/h3-9,11-12H,1-2H3;1H;/q-1;;+2/p-1. The number of aryl methyl sites for hydroxylation is 2. The quantitative estimate of drug-likeness (QED) is 0.500. The average Bonchev–Trinajstić information content (AvgIpc) is 2.89. The molecule has 0 aliphatic carbocycles. The van der Waals surface area contributed by atoms with Crippen molar-refractivity contribution in [2.45, 2.75) is 13.8 Å². The van der Waals surface area contributed by atoms with Crippen LogP contribution in [-0.4, -0.2) is 32.6 Å². The maximum absolute atomic E-state index is 4.48. The molecule has 0 bridgehead atoms. The fourth-order valence-corrected chi connectivity index (χ4v) is 2.40. The van der Waals surface area contributed by atoms with Crippen LogP contribution in [0.5, 0.6) is 0 Å². The maximum Gasteiger partial charge on any atom is 2.00 e. The Balaban J connectivity index is 0.00000110. The molecule has 0 amide bonds. The third kappa shape index (κ3) is 3.48. The number of para-hydroxylation sites is 1. The predicted molar refractivity (Wildman–Crippen MR) is 83.1 cm³/mol. The summed E-state index contributed by atoms with van der Waals surface area (Å²) in [6, 6.07) is 17.5. The average molecular weight is 307 g/mol. The van der Waals surface area contributed by atoms with Gasteiger partial charge in [-0.25, -0.2) is 0 Å². The van der Waals surface area contributed by atoms with E-state index in [1.165, 1.54) is 16.8 Å². The number of nitrogens with zero attached hydrogens (tertiary/aromatic N) is 2. The van der Waals surface area contributed by atoms with Gasteiger partial charge in [0.25, 0.3) is 0 Å².